The first-order chi connectivity index (χ1) is 10.5. The van der Waals surface area contributed by atoms with Gasteiger partial charge < -0.3 is 10.3 Å². The summed E-state index contributed by atoms with van der Waals surface area (Å²) in [5.41, 5.74) is -0.202. The van der Waals surface area contributed by atoms with Crippen LogP contribution in [0.5, 0.6) is 0 Å². The molecule has 0 radical (unpaired) electrons. The lowest BCUT2D eigenvalue weighted by molar-refractivity contribution is -0.384. The monoisotopic (exact) mass is 340 g/mol. The normalized spacial score (nSPS) is 10.2. The molecule has 0 spiro atoms. The van der Waals surface area contributed by atoms with Gasteiger partial charge in [0, 0.05) is 24.4 Å². The Hall–Kier alpha value is -2.39. The third-order valence-electron chi connectivity index (χ3n) is 2.43. The Balaban J connectivity index is 1.97. The first-order valence-corrected chi connectivity index (χ1v) is 7.24. The lowest BCUT2D eigenvalue weighted by Crippen LogP contribution is -2.15. The van der Waals surface area contributed by atoms with Crippen molar-refractivity contribution in [3.8, 4) is 0 Å². The summed E-state index contributed by atoms with van der Waals surface area (Å²) in [6, 6.07) is 5.01. The second-order valence-electron chi connectivity index (χ2n) is 4.00. The molecule has 2 N–H and O–H groups in total. The van der Waals surface area contributed by atoms with E-state index in [0.29, 0.717) is 5.16 Å². The van der Waals surface area contributed by atoms with Crippen LogP contribution in [0.1, 0.15) is 0 Å². The molecule has 0 atom stereocenters. The first kappa shape index (κ1) is 16.0. The van der Waals surface area contributed by atoms with Crippen LogP contribution in [0.25, 0.3) is 0 Å². The van der Waals surface area contributed by atoms with E-state index in [-0.39, 0.29) is 33.6 Å². The van der Waals surface area contributed by atoms with E-state index in [1.165, 1.54) is 24.4 Å². The van der Waals surface area contributed by atoms with Gasteiger partial charge >= 0.3 is 0 Å². The summed E-state index contributed by atoms with van der Waals surface area (Å²) in [4.78, 5) is 39.3. The standard InChI is InChI=1S/C12H9ClN4O4S/c13-8-5-7(17(20)21)1-2-9(8)15-11(19)6-22-12-14-4-3-10(18)16-12/h1-5H,6H2,(H,15,19)(H,14,16,18). The molecule has 0 aliphatic carbocycles. The predicted octanol–water partition coefficient (Wildman–Crippen LogP) is 2.06. The van der Waals surface area contributed by atoms with E-state index in [9.17, 15) is 19.7 Å². The summed E-state index contributed by atoms with van der Waals surface area (Å²) in [6.45, 7) is 0. The number of H-pyrrole nitrogens is 1. The number of amides is 1. The minimum absolute atomic E-state index is 0.000268. The zero-order valence-electron chi connectivity index (χ0n) is 10.9. The molecule has 8 nitrogen and oxygen atoms in total. The van der Waals surface area contributed by atoms with Gasteiger partial charge in [-0.3, -0.25) is 19.7 Å². The summed E-state index contributed by atoms with van der Waals surface area (Å²) >= 11 is 6.92. The SMILES string of the molecule is O=C(CSc1nccc(=O)[nH]1)Nc1ccc([N+](=O)[O-])cc1Cl. The Bertz CT molecular complexity index is 780. The molecule has 2 rings (SSSR count). The lowest BCUT2D eigenvalue weighted by atomic mass is 10.3. The summed E-state index contributed by atoms with van der Waals surface area (Å²) < 4.78 is 0. The second kappa shape index (κ2) is 7.05. The molecule has 10 heteroatoms. The number of non-ortho nitro benzene ring substituents is 1. The fraction of sp³-hybridized carbons (Fsp3) is 0.0833. The number of thioether (sulfide) groups is 1. The second-order valence-corrected chi connectivity index (χ2v) is 5.37. The van der Waals surface area contributed by atoms with Crippen LogP contribution in [0.2, 0.25) is 5.02 Å². The Morgan fingerprint density at radius 3 is 2.86 bits per heavy atom. The van der Waals surface area contributed by atoms with E-state index in [1.54, 1.807) is 0 Å². The van der Waals surface area contributed by atoms with E-state index >= 15 is 0 Å². The van der Waals surface area contributed by atoms with Gasteiger partial charge in [-0.25, -0.2) is 4.98 Å². The molecule has 0 aliphatic rings. The molecule has 0 fully saturated rings. The molecule has 1 heterocycles. The van der Waals surface area contributed by atoms with Gasteiger partial charge in [0.1, 0.15) is 0 Å². The van der Waals surface area contributed by atoms with Gasteiger partial charge in [0.05, 0.1) is 21.4 Å². The van der Waals surface area contributed by atoms with E-state index in [0.717, 1.165) is 17.8 Å². The van der Waals surface area contributed by atoms with Crippen LogP contribution in [-0.2, 0) is 4.79 Å². The molecule has 2 aromatic rings. The molecule has 1 aromatic carbocycles. The highest BCUT2D eigenvalue weighted by Crippen LogP contribution is 2.26. The molecular weight excluding hydrogens is 332 g/mol. The molecule has 0 saturated heterocycles. The number of carbonyl (C=O) groups excluding carboxylic acids is 1. The first-order valence-electron chi connectivity index (χ1n) is 5.87. The zero-order valence-corrected chi connectivity index (χ0v) is 12.5. The fourth-order valence-electron chi connectivity index (χ4n) is 1.46. The Morgan fingerprint density at radius 1 is 1.45 bits per heavy atom. The molecular formula is C12H9ClN4O4S. The third-order valence-corrected chi connectivity index (χ3v) is 3.63. The van der Waals surface area contributed by atoms with Gasteiger partial charge in [-0.05, 0) is 6.07 Å². The number of aromatic nitrogens is 2. The Kier molecular flexibility index (Phi) is 5.12. The number of nitrogens with zero attached hydrogens (tertiary/aromatic N) is 2. The summed E-state index contributed by atoms with van der Waals surface area (Å²) in [5.74, 6) is -0.382. The van der Waals surface area contributed by atoms with Crippen molar-refractivity contribution in [3.63, 3.8) is 0 Å². The van der Waals surface area contributed by atoms with E-state index in [1.807, 2.05) is 0 Å². The molecule has 0 unspecified atom stereocenters. The van der Waals surface area contributed by atoms with Gasteiger partial charge in [0.25, 0.3) is 11.2 Å². The number of aromatic amines is 1. The van der Waals surface area contributed by atoms with Crippen LogP contribution in [0.4, 0.5) is 11.4 Å². The van der Waals surface area contributed by atoms with Gasteiger partial charge in [-0.1, -0.05) is 23.4 Å². The topological polar surface area (TPSA) is 118 Å². The number of halogens is 1. The van der Waals surface area contributed by atoms with Crippen LogP contribution in [-0.4, -0.2) is 26.6 Å². The van der Waals surface area contributed by atoms with Crippen molar-refractivity contribution in [3.05, 3.63) is 56.0 Å². The number of anilines is 1. The summed E-state index contributed by atoms with van der Waals surface area (Å²) in [5, 5.41) is 13.5. The number of nitrogens with one attached hydrogen (secondary N) is 2. The van der Waals surface area contributed by atoms with Gasteiger partial charge in [0.2, 0.25) is 5.91 Å². The number of benzene rings is 1. The third kappa shape index (κ3) is 4.30. The van der Waals surface area contributed by atoms with Crippen molar-refractivity contribution in [1.29, 1.82) is 0 Å². The highest BCUT2D eigenvalue weighted by molar-refractivity contribution is 7.99. The van der Waals surface area contributed by atoms with Crippen molar-refractivity contribution >= 4 is 40.6 Å². The zero-order chi connectivity index (χ0) is 16.1. The number of nitro benzene ring substituents is 1. The molecule has 1 aromatic heterocycles. The molecule has 0 saturated carbocycles. The highest BCUT2D eigenvalue weighted by Gasteiger charge is 2.12. The van der Waals surface area contributed by atoms with E-state index in [4.69, 9.17) is 11.6 Å². The largest absolute Gasteiger partial charge is 0.324 e. The molecule has 0 bridgehead atoms. The van der Waals surface area contributed by atoms with Crippen molar-refractivity contribution in [2.45, 2.75) is 5.16 Å². The fourth-order valence-corrected chi connectivity index (χ4v) is 2.33. The minimum atomic E-state index is -0.579. The number of carbonyl (C=O) groups is 1. The van der Waals surface area contributed by atoms with Crippen LogP contribution in [0.15, 0.2) is 40.4 Å². The summed E-state index contributed by atoms with van der Waals surface area (Å²) in [6.07, 6.45) is 1.34. The highest BCUT2D eigenvalue weighted by atomic mass is 35.5. The quantitative estimate of drug-likeness (QED) is 0.372. The Morgan fingerprint density at radius 2 is 2.23 bits per heavy atom. The number of nitro groups is 1. The van der Waals surface area contributed by atoms with E-state index in [2.05, 4.69) is 15.3 Å². The maximum atomic E-state index is 11.8. The van der Waals surface area contributed by atoms with Crippen molar-refractivity contribution in [2.75, 3.05) is 11.1 Å². The van der Waals surface area contributed by atoms with Gasteiger partial charge in [-0.2, -0.15) is 0 Å². The van der Waals surface area contributed by atoms with Gasteiger partial charge in [0.15, 0.2) is 5.16 Å². The maximum absolute atomic E-state index is 11.8. The van der Waals surface area contributed by atoms with E-state index < -0.39 is 4.92 Å². The maximum Gasteiger partial charge on any atom is 0.271 e. The van der Waals surface area contributed by atoms with Crippen molar-refractivity contribution in [2.24, 2.45) is 0 Å². The van der Waals surface area contributed by atoms with Gasteiger partial charge in [-0.15, -0.1) is 0 Å². The number of rotatable bonds is 5. The molecule has 1 amide bonds. The van der Waals surface area contributed by atoms with Crippen molar-refractivity contribution in [1.82, 2.24) is 9.97 Å². The molecule has 0 aliphatic heterocycles. The van der Waals surface area contributed by atoms with Crippen LogP contribution in [0, 0.1) is 10.1 Å². The van der Waals surface area contributed by atoms with Crippen LogP contribution < -0.4 is 10.9 Å². The van der Waals surface area contributed by atoms with Crippen LogP contribution >= 0.6 is 23.4 Å². The lowest BCUT2D eigenvalue weighted by Gasteiger charge is -2.06. The Labute approximate surface area is 133 Å². The van der Waals surface area contributed by atoms with Crippen molar-refractivity contribution < 1.29 is 9.72 Å². The molecule has 114 valence electrons. The smallest absolute Gasteiger partial charge is 0.271 e. The average molecular weight is 341 g/mol. The molecule has 22 heavy (non-hydrogen) atoms. The minimum Gasteiger partial charge on any atom is -0.324 e. The number of hydrogen-bond donors (Lipinski definition) is 2. The van der Waals surface area contributed by atoms with Crippen LogP contribution in [0.3, 0.4) is 0 Å². The number of hydrogen-bond acceptors (Lipinski definition) is 6. The predicted molar refractivity (Wildman–Crippen MR) is 82.3 cm³/mol. The summed E-state index contributed by atoms with van der Waals surface area (Å²) in [7, 11) is 0. The average Bonchev–Trinajstić information content (AvgIpc) is 2.47.